The highest BCUT2D eigenvalue weighted by Crippen LogP contribution is 2.31. The van der Waals surface area contributed by atoms with Crippen molar-refractivity contribution in [3.8, 4) is 6.07 Å². The molecule has 0 unspecified atom stereocenters. The number of aryl methyl sites for hydroxylation is 1. The highest BCUT2D eigenvalue weighted by Gasteiger charge is 2.21. The average Bonchev–Trinajstić information content (AvgIpc) is 2.76. The van der Waals surface area contributed by atoms with E-state index in [9.17, 15) is 0 Å². The van der Waals surface area contributed by atoms with Crippen molar-refractivity contribution in [2.75, 3.05) is 5.32 Å². The number of nitriles is 1. The summed E-state index contributed by atoms with van der Waals surface area (Å²) in [7, 11) is 0. The van der Waals surface area contributed by atoms with E-state index in [1.807, 2.05) is 0 Å². The van der Waals surface area contributed by atoms with Crippen LogP contribution < -0.4 is 5.32 Å². The van der Waals surface area contributed by atoms with Crippen LogP contribution in [0.1, 0.15) is 31.4 Å². The Kier molecular flexibility index (Phi) is 3.16. The SMILES string of the molecule is Cc1[nH]c2ccccc2c1NC1CCC(C#N)CC1. The van der Waals surface area contributed by atoms with E-state index in [0.29, 0.717) is 6.04 Å². The number of nitrogens with one attached hydrogen (secondary N) is 2. The van der Waals surface area contributed by atoms with Crippen molar-refractivity contribution < 1.29 is 0 Å². The molecule has 3 heteroatoms. The highest BCUT2D eigenvalue weighted by molar-refractivity contribution is 5.94. The molecule has 1 fully saturated rings. The predicted octanol–water partition coefficient (Wildman–Crippen LogP) is 3.97. The maximum atomic E-state index is 8.94. The summed E-state index contributed by atoms with van der Waals surface area (Å²) in [5.41, 5.74) is 3.62. The van der Waals surface area contributed by atoms with Gasteiger partial charge in [-0.1, -0.05) is 18.2 Å². The molecule has 3 rings (SSSR count). The van der Waals surface area contributed by atoms with E-state index in [-0.39, 0.29) is 5.92 Å². The lowest BCUT2D eigenvalue weighted by Gasteiger charge is -2.26. The molecule has 0 bridgehead atoms. The normalized spacial score (nSPS) is 23.2. The van der Waals surface area contributed by atoms with Gasteiger partial charge in [0, 0.05) is 28.6 Å². The summed E-state index contributed by atoms with van der Waals surface area (Å²) in [6.07, 6.45) is 4.24. The van der Waals surface area contributed by atoms with Crippen molar-refractivity contribution in [2.24, 2.45) is 5.92 Å². The van der Waals surface area contributed by atoms with E-state index in [4.69, 9.17) is 5.26 Å². The van der Waals surface area contributed by atoms with Crippen LogP contribution in [0.3, 0.4) is 0 Å². The molecular weight excluding hydrogens is 234 g/mol. The summed E-state index contributed by atoms with van der Waals surface area (Å²) in [6, 6.07) is 11.3. The lowest BCUT2D eigenvalue weighted by Crippen LogP contribution is -2.25. The van der Waals surface area contributed by atoms with E-state index in [2.05, 4.69) is 47.6 Å². The van der Waals surface area contributed by atoms with Crippen LogP contribution in [-0.2, 0) is 0 Å². The van der Waals surface area contributed by atoms with Gasteiger partial charge in [0.15, 0.2) is 0 Å². The first-order valence-corrected chi connectivity index (χ1v) is 7.01. The van der Waals surface area contributed by atoms with Crippen molar-refractivity contribution >= 4 is 16.6 Å². The highest BCUT2D eigenvalue weighted by atomic mass is 15.0. The van der Waals surface area contributed by atoms with Crippen LogP contribution in [0.25, 0.3) is 10.9 Å². The predicted molar refractivity (Wildman–Crippen MR) is 78.0 cm³/mol. The summed E-state index contributed by atoms with van der Waals surface area (Å²) < 4.78 is 0. The second-order valence-corrected chi connectivity index (χ2v) is 5.49. The lowest BCUT2D eigenvalue weighted by atomic mass is 9.87. The number of anilines is 1. The molecule has 1 aliphatic carbocycles. The van der Waals surface area contributed by atoms with Crippen LogP contribution in [-0.4, -0.2) is 11.0 Å². The monoisotopic (exact) mass is 253 g/mol. The Morgan fingerprint density at radius 2 is 1.95 bits per heavy atom. The number of benzene rings is 1. The zero-order chi connectivity index (χ0) is 13.2. The van der Waals surface area contributed by atoms with Gasteiger partial charge >= 0.3 is 0 Å². The third kappa shape index (κ3) is 2.31. The Morgan fingerprint density at radius 3 is 2.68 bits per heavy atom. The standard InChI is InChI=1S/C16H19N3/c1-11-16(14-4-2-3-5-15(14)18-11)19-13-8-6-12(10-17)7-9-13/h2-5,12-13,18-19H,6-9H2,1H3. The van der Waals surface area contributed by atoms with Gasteiger partial charge in [0.1, 0.15) is 0 Å². The van der Waals surface area contributed by atoms with Crippen molar-refractivity contribution in [1.82, 2.24) is 4.98 Å². The Bertz CT molecular complexity index is 612. The smallest absolute Gasteiger partial charge is 0.0655 e. The molecule has 1 aliphatic rings. The Balaban J connectivity index is 1.79. The van der Waals surface area contributed by atoms with E-state index in [0.717, 1.165) is 25.7 Å². The van der Waals surface area contributed by atoms with Gasteiger partial charge in [-0.2, -0.15) is 5.26 Å². The quantitative estimate of drug-likeness (QED) is 0.850. The minimum absolute atomic E-state index is 0.266. The molecule has 0 radical (unpaired) electrons. The number of H-pyrrole nitrogens is 1. The van der Waals surface area contributed by atoms with E-state index < -0.39 is 0 Å². The Hall–Kier alpha value is -1.95. The van der Waals surface area contributed by atoms with Crippen molar-refractivity contribution in [3.63, 3.8) is 0 Å². The van der Waals surface area contributed by atoms with Gasteiger partial charge in [-0.05, 0) is 38.7 Å². The fraction of sp³-hybridized carbons (Fsp3) is 0.438. The number of para-hydroxylation sites is 1. The molecule has 1 aromatic heterocycles. The number of hydrogen-bond donors (Lipinski definition) is 2. The van der Waals surface area contributed by atoms with Crippen LogP contribution in [0.5, 0.6) is 0 Å². The van der Waals surface area contributed by atoms with Crippen molar-refractivity contribution in [1.29, 1.82) is 5.26 Å². The number of hydrogen-bond acceptors (Lipinski definition) is 2. The van der Waals surface area contributed by atoms with Crippen LogP contribution >= 0.6 is 0 Å². The molecule has 2 aromatic rings. The third-order valence-electron chi connectivity index (χ3n) is 4.15. The second kappa shape index (κ2) is 4.97. The maximum absolute atomic E-state index is 8.94. The fourth-order valence-electron chi connectivity index (χ4n) is 3.03. The fourth-order valence-corrected chi connectivity index (χ4v) is 3.03. The molecule has 98 valence electrons. The molecular formula is C16H19N3. The molecule has 1 saturated carbocycles. The molecule has 0 saturated heterocycles. The first-order chi connectivity index (χ1) is 9.28. The van der Waals surface area contributed by atoms with Gasteiger partial charge in [0.2, 0.25) is 0 Å². The minimum Gasteiger partial charge on any atom is -0.380 e. The van der Waals surface area contributed by atoms with Crippen LogP contribution in [0.4, 0.5) is 5.69 Å². The van der Waals surface area contributed by atoms with E-state index in [1.165, 1.54) is 22.3 Å². The van der Waals surface area contributed by atoms with E-state index >= 15 is 0 Å². The van der Waals surface area contributed by atoms with Gasteiger partial charge in [-0.15, -0.1) is 0 Å². The summed E-state index contributed by atoms with van der Waals surface area (Å²) in [6.45, 7) is 2.11. The molecule has 1 aromatic carbocycles. The second-order valence-electron chi connectivity index (χ2n) is 5.49. The van der Waals surface area contributed by atoms with Crippen molar-refractivity contribution in [2.45, 2.75) is 38.6 Å². The molecule has 0 atom stereocenters. The lowest BCUT2D eigenvalue weighted by molar-refractivity contribution is 0.397. The van der Waals surface area contributed by atoms with Crippen LogP contribution in [0.2, 0.25) is 0 Å². The summed E-state index contributed by atoms with van der Waals surface area (Å²) >= 11 is 0. The number of aromatic nitrogens is 1. The Morgan fingerprint density at radius 1 is 1.21 bits per heavy atom. The first-order valence-electron chi connectivity index (χ1n) is 7.01. The topological polar surface area (TPSA) is 51.6 Å². The zero-order valence-corrected chi connectivity index (χ0v) is 11.2. The van der Waals surface area contributed by atoms with Gasteiger partial charge in [0.25, 0.3) is 0 Å². The van der Waals surface area contributed by atoms with Gasteiger partial charge in [0.05, 0.1) is 11.8 Å². The largest absolute Gasteiger partial charge is 0.380 e. The number of fused-ring (bicyclic) bond motifs is 1. The number of aromatic amines is 1. The molecule has 3 nitrogen and oxygen atoms in total. The molecule has 19 heavy (non-hydrogen) atoms. The van der Waals surface area contributed by atoms with Crippen molar-refractivity contribution in [3.05, 3.63) is 30.0 Å². The van der Waals surface area contributed by atoms with Crippen LogP contribution in [0.15, 0.2) is 24.3 Å². The summed E-state index contributed by atoms with van der Waals surface area (Å²) in [5.74, 6) is 0.266. The number of nitrogens with zero attached hydrogens (tertiary/aromatic N) is 1. The Labute approximate surface area is 113 Å². The summed E-state index contributed by atoms with van der Waals surface area (Å²) in [5, 5.41) is 13.9. The molecule has 2 N–H and O–H groups in total. The maximum Gasteiger partial charge on any atom is 0.0655 e. The third-order valence-corrected chi connectivity index (χ3v) is 4.15. The van der Waals surface area contributed by atoms with Gasteiger partial charge in [-0.3, -0.25) is 0 Å². The van der Waals surface area contributed by atoms with Crippen LogP contribution in [0, 0.1) is 24.2 Å². The average molecular weight is 253 g/mol. The molecule has 0 amide bonds. The summed E-state index contributed by atoms with van der Waals surface area (Å²) in [4.78, 5) is 3.42. The van der Waals surface area contributed by atoms with E-state index in [1.54, 1.807) is 0 Å². The first kappa shape index (κ1) is 12.1. The molecule has 0 aliphatic heterocycles. The minimum atomic E-state index is 0.266. The molecule has 1 heterocycles. The van der Waals surface area contributed by atoms with Gasteiger partial charge < -0.3 is 10.3 Å². The zero-order valence-electron chi connectivity index (χ0n) is 11.2. The number of rotatable bonds is 2. The van der Waals surface area contributed by atoms with Gasteiger partial charge in [-0.25, -0.2) is 0 Å². The molecule has 0 spiro atoms.